The highest BCUT2D eigenvalue weighted by Gasteiger charge is 2.38. The van der Waals surface area contributed by atoms with Crippen LogP contribution in [0.2, 0.25) is 0 Å². The molecule has 1 aliphatic heterocycles. The molecular formula is C22H24N6O3. The average Bonchev–Trinajstić information content (AvgIpc) is 3.31. The lowest BCUT2D eigenvalue weighted by Crippen LogP contribution is -2.37. The van der Waals surface area contributed by atoms with E-state index >= 15 is 0 Å². The Balaban J connectivity index is 1.20. The number of hydrogen-bond acceptors (Lipinski definition) is 5. The second-order valence-electron chi connectivity index (χ2n) is 7.43. The summed E-state index contributed by atoms with van der Waals surface area (Å²) in [4.78, 5) is 38.1. The molecule has 2 aromatic heterocycles. The van der Waals surface area contributed by atoms with Gasteiger partial charge in [0.25, 0.3) is 5.91 Å². The van der Waals surface area contributed by atoms with Crippen LogP contribution in [0.15, 0.2) is 54.7 Å². The van der Waals surface area contributed by atoms with E-state index in [0.29, 0.717) is 32.4 Å². The molecule has 0 unspecified atom stereocenters. The average molecular weight is 420 g/mol. The highest BCUT2D eigenvalue weighted by atomic mass is 16.2. The number of rotatable bonds is 9. The minimum Gasteiger partial charge on any atom is -0.356 e. The molecular weight excluding hydrogens is 396 g/mol. The Labute approximate surface area is 179 Å². The summed E-state index contributed by atoms with van der Waals surface area (Å²) >= 11 is 0. The fourth-order valence-electron chi connectivity index (χ4n) is 3.61. The molecule has 3 aromatic rings. The SMILES string of the molecule is O=C(C[C@H]1NC(=O)N(CCc2ccccc2)C1=O)NCCCc1nnc2ccccn12. The van der Waals surface area contributed by atoms with Gasteiger partial charge in [-0.15, -0.1) is 10.2 Å². The van der Waals surface area contributed by atoms with Crippen LogP contribution >= 0.6 is 0 Å². The first-order chi connectivity index (χ1) is 15.1. The Morgan fingerprint density at radius 1 is 1.03 bits per heavy atom. The van der Waals surface area contributed by atoms with Gasteiger partial charge in [0.2, 0.25) is 5.91 Å². The third-order valence-electron chi connectivity index (χ3n) is 5.25. The van der Waals surface area contributed by atoms with E-state index in [1.807, 2.05) is 59.1 Å². The van der Waals surface area contributed by atoms with Crippen molar-refractivity contribution < 1.29 is 14.4 Å². The number of nitrogens with one attached hydrogen (secondary N) is 2. The number of benzene rings is 1. The highest BCUT2D eigenvalue weighted by molar-refractivity contribution is 6.05. The third-order valence-corrected chi connectivity index (χ3v) is 5.25. The van der Waals surface area contributed by atoms with Crippen LogP contribution in [-0.2, 0) is 22.4 Å². The lowest BCUT2D eigenvalue weighted by Gasteiger charge is -2.13. The molecule has 1 aliphatic rings. The van der Waals surface area contributed by atoms with Gasteiger partial charge in [-0.2, -0.15) is 0 Å². The molecule has 1 aromatic carbocycles. The Kier molecular flexibility index (Phi) is 6.21. The number of fused-ring (bicyclic) bond motifs is 1. The standard InChI is InChI=1S/C22H24N6O3/c29-20(23-12-6-10-19-26-25-18-9-4-5-13-27(18)19)15-17-21(30)28(22(31)24-17)14-11-16-7-2-1-3-8-16/h1-5,7-9,13,17H,6,10-12,14-15H2,(H,23,29)(H,24,31)/t17-/m1/s1. The van der Waals surface area contributed by atoms with E-state index in [0.717, 1.165) is 17.0 Å². The first kappa shape index (κ1) is 20.5. The van der Waals surface area contributed by atoms with Crippen molar-refractivity contribution in [1.82, 2.24) is 30.1 Å². The number of amides is 4. The molecule has 0 saturated carbocycles. The van der Waals surface area contributed by atoms with E-state index in [1.54, 1.807) is 0 Å². The Morgan fingerprint density at radius 3 is 2.68 bits per heavy atom. The molecule has 1 atom stereocenters. The van der Waals surface area contributed by atoms with Crippen molar-refractivity contribution >= 4 is 23.5 Å². The maximum absolute atomic E-state index is 12.5. The zero-order valence-electron chi connectivity index (χ0n) is 17.0. The fourth-order valence-corrected chi connectivity index (χ4v) is 3.61. The first-order valence-electron chi connectivity index (χ1n) is 10.3. The highest BCUT2D eigenvalue weighted by Crippen LogP contribution is 2.11. The summed E-state index contributed by atoms with van der Waals surface area (Å²) in [6.07, 6.45) is 3.77. The van der Waals surface area contributed by atoms with Crippen molar-refractivity contribution in [2.45, 2.75) is 31.7 Å². The van der Waals surface area contributed by atoms with Crippen LogP contribution in [0.25, 0.3) is 5.65 Å². The van der Waals surface area contributed by atoms with E-state index in [-0.39, 0.29) is 18.2 Å². The summed E-state index contributed by atoms with van der Waals surface area (Å²) in [5, 5.41) is 13.7. The van der Waals surface area contributed by atoms with Gasteiger partial charge in [0, 0.05) is 25.7 Å². The van der Waals surface area contributed by atoms with E-state index in [2.05, 4.69) is 20.8 Å². The first-order valence-corrected chi connectivity index (χ1v) is 10.3. The number of nitrogens with zero attached hydrogens (tertiary/aromatic N) is 4. The zero-order valence-corrected chi connectivity index (χ0v) is 17.0. The summed E-state index contributed by atoms with van der Waals surface area (Å²) in [5.41, 5.74) is 1.83. The van der Waals surface area contributed by atoms with Crippen LogP contribution in [0, 0.1) is 0 Å². The molecule has 4 amide bonds. The molecule has 31 heavy (non-hydrogen) atoms. The van der Waals surface area contributed by atoms with Crippen molar-refractivity contribution in [3.63, 3.8) is 0 Å². The monoisotopic (exact) mass is 420 g/mol. The van der Waals surface area contributed by atoms with Crippen LogP contribution in [0.1, 0.15) is 24.2 Å². The molecule has 1 saturated heterocycles. The van der Waals surface area contributed by atoms with Crippen molar-refractivity contribution in [3.05, 3.63) is 66.1 Å². The molecule has 160 valence electrons. The number of imide groups is 1. The van der Waals surface area contributed by atoms with Gasteiger partial charge >= 0.3 is 6.03 Å². The quantitative estimate of drug-likeness (QED) is 0.401. The number of pyridine rings is 1. The van der Waals surface area contributed by atoms with Crippen molar-refractivity contribution in [3.8, 4) is 0 Å². The van der Waals surface area contributed by atoms with Gasteiger partial charge in [0.05, 0.1) is 6.42 Å². The Bertz CT molecular complexity index is 1080. The van der Waals surface area contributed by atoms with Gasteiger partial charge in [0.1, 0.15) is 11.9 Å². The van der Waals surface area contributed by atoms with Gasteiger partial charge in [-0.1, -0.05) is 36.4 Å². The van der Waals surface area contributed by atoms with Gasteiger partial charge < -0.3 is 10.6 Å². The van der Waals surface area contributed by atoms with Crippen molar-refractivity contribution in [1.29, 1.82) is 0 Å². The lowest BCUT2D eigenvalue weighted by molar-refractivity contribution is -0.130. The van der Waals surface area contributed by atoms with Gasteiger partial charge in [0.15, 0.2) is 5.65 Å². The van der Waals surface area contributed by atoms with Gasteiger partial charge in [-0.3, -0.25) is 18.9 Å². The van der Waals surface area contributed by atoms with Gasteiger partial charge in [-0.05, 0) is 30.5 Å². The lowest BCUT2D eigenvalue weighted by atomic mass is 10.1. The van der Waals surface area contributed by atoms with E-state index in [1.165, 1.54) is 4.90 Å². The van der Waals surface area contributed by atoms with E-state index in [4.69, 9.17) is 0 Å². The molecule has 0 spiro atoms. The van der Waals surface area contributed by atoms with Crippen LogP contribution < -0.4 is 10.6 Å². The molecule has 2 N–H and O–H groups in total. The number of hydrogen-bond donors (Lipinski definition) is 2. The van der Waals surface area contributed by atoms with Crippen molar-refractivity contribution in [2.75, 3.05) is 13.1 Å². The molecule has 4 rings (SSSR count). The summed E-state index contributed by atoms with van der Waals surface area (Å²) in [6.45, 7) is 0.742. The number of carbonyl (C=O) groups excluding carboxylic acids is 3. The number of urea groups is 1. The smallest absolute Gasteiger partial charge is 0.324 e. The van der Waals surface area contributed by atoms with Crippen LogP contribution in [0.5, 0.6) is 0 Å². The number of carbonyl (C=O) groups is 3. The normalized spacial score (nSPS) is 16.0. The van der Waals surface area contributed by atoms with Crippen LogP contribution in [-0.4, -0.2) is 56.5 Å². The summed E-state index contributed by atoms with van der Waals surface area (Å²) in [5.74, 6) is 0.206. The van der Waals surface area contributed by atoms with Crippen molar-refractivity contribution in [2.24, 2.45) is 0 Å². The Morgan fingerprint density at radius 2 is 1.84 bits per heavy atom. The topological polar surface area (TPSA) is 109 Å². The summed E-state index contributed by atoms with van der Waals surface area (Å²) in [6, 6.07) is 14.1. The number of aromatic nitrogens is 3. The molecule has 9 heteroatoms. The molecule has 0 aliphatic carbocycles. The Hall–Kier alpha value is -3.75. The zero-order chi connectivity index (χ0) is 21.6. The predicted molar refractivity (Wildman–Crippen MR) is 113 cm³/mol. The molecule has 0 bridgehead atoms. The molecule has 3 heterocycles. The minimum absolute atomic E-state index is 0.0692. The minimum atomic E-state index is -0.816. The van der Waals surface area contributed by atoms with Crippen LogP contribution in [0.3, 0.4) is 0 Å². The predicted octanol–water partition coefficient (Wildman–Crippen LogP) is 1.33. The number of aryl methyl sites for hydroxylation is 1. The molecule has 9 nitrogen and oxygen atoms in total. The maximum atomic E-state index is 12.5. The fraction of sp³-hybridized carbons (Fsp3) is 0.318. The second-order valence-corrected chi connectivity index (χ2v) is 7.43. The van der Waals surface area contributed by atoms with Gasteiger partial charge in [-0.25, -0.2) is 4.79 Å². The maximum Gasteiger partial charge on any atom is 0.324 e. The van der Waals surface area contributed by atoms with Crippen LogP contribution in [0.4, 0.5) is 4.79 Å². The summed E-state index contributed by atoms with van der Waals surface area (Å²) < 4.78 is 1.92. The van der Waals surface area contributed by atoms with E-state index in [9.17, 15) is 14.4 Å². The molecule has 0 radical (unpaired) electrons. The molecule has 1 fully saturated rings. The third kappa shape index (κ3) is 4.88. The second kappa shape index (κ2) is 9.38. The largest absolute Gasteiger partial charge is 0.356 e. The van der Waals surface area contributed by atoms with E-state index < -0.39 is 12.1 Å². The summed E-state index contributed by atoms with van der Waals surface area (Å²) in [7, 11) is 0.